The number of carbonyl (C=O) groups is 4. The molecule has 2 aromatic carbocycles. The Kier molecular flexibility index (Phi) is 15.4. The van der Waals surface area contributed by atoms with Gasteiger partial charge in [-0.25, -0.2) is 43.1 Å². The van der Waals surface area contributed by atoms with Gasteiger partial charge in [-0.1, -0.05) is 24.3 Å². The molecule has 0 radical (unpaired) electrons. The van der Waals surface area contributed by atoms with Crippen molar-refractivity contribution in [1.82, 2.24) is 35.1 Å². The number of carboxylic acids is 1. The fraction of sp³-hybridized carbons (Fsp3) is 0.319. The van der Waals surface area contributed by atoms with Crippen LogP contribution >= 0.6 is 0 Å². The first-order valence-electron chi connectivity index (χ1n) is 21.4. The zero-order chi connectivity index (χ0) is 50.1. The van der Waals surface area contributed by atoms with E-state index in [0.717, 1.165) is 0 Å². The van der Waals surface area contributed by atoms with Crippen LogP contribution in [0.25, 0.3) is 44.3 Å². The Labute approximate surface area is 385 Å². The van der Waals surface area contributed by atoms with Crippen LogP contribution in [0.15, 0.2) is 85.2 Å². The molecule has 3 amide bonds. The number of carboxylic acid groups (broad SMARTS) is 1. The number of amides is 3. The molecule has 67 heavy (non-hydrogen) atoms. The van der Waals surface area contributed by atoms with Crippen LogP contribution in [0.5, 0.6) is 0 Å². The van der Waals surface area contributed by atoms with E-state index in [4.69, 9.17) is 33.2 Å². The number of nitrogens with zero attached hydrogens (tertiary/aromatic N) is 6. The van der Waals surface area contributed by atoms with Crippen LogP contribution in [-0.4, -0.2) is 116 Å². The zero-order valence-electron chi connectivity index (χ0n) is 38.7. The number of nitrogens with one attached hydrogen (secondary N) is 1. The number of hydrogen-bond acceptors (Lipinski definition) is 13. The average molecular weight is 928 g/mol. The number of alkyl halides is 1. The highest BCUT2D eigenvalue weighted by Gasteiger charge is 2.35. The van der Waals surface area contributed by atoms with Gasteiger partial charge in [-0.3, -0.25) is 9.18 Å². The summed E-state index contributed by atoms with van der Waals surface area (Å²) in [6.45, 7) is 12.9. The van der Waals surface area contributed by atoms with Gasteiger partial charge in [-0.05, 0) is 90.1 Å². The van der Waals surface area contributed by atoms with Gasteiger partial charge >= 0.3 is 18.2 Å². The van der Waals surface area contributed by atoms with Gasteiger partial charge < -0.3 is 46.9 Å². The Hall–Kier alpha value is -7.61. The van der Waals surface area contributed by atoms with Crippen molar-refractivity contribution < 1.29 is 48.3 Å². The van der Waals surface area contributed by atoms with Crippen LogP contribution in [0.1, 0.15) is 63.6 Å². The third kappa shape index (κ3) is 13.2. The smallest absolute Gasteiger partial charge is 0.410 e. The van der Waals surface area contributed by atoms with Gasteiger partial charge in [0.25, 0.3) is 5.91 Å². The minimum Gasteiger partial charge on any atom is -0.478 e. The maximum atomic E-state index is 13.6. The molecule has 2 saturated heterocycles. The van der Waals surface area contributed by atoms with Crippen molar-refractivity contribution in [2.45, 2.75) is 64.8 Å². The van der Waals surface area contributed by atoms with E-state index >= 15 is 0 Å². The second-order valence-corrected chi connectivity index (χ2v) is 17.3. The molecule has 0 aliphatic carbocycles. The molecule has 0 saturated carbocycles. The van der Waals surface area contributed by atoms with Crippen molar-refractivity contribution in [2.75, 3.05) is 44.8 Å². The topological polar surface area (TPSA) is 255 Å². The lowest BCUT2D eigenvalue weighted by molar-refractivity contribution is 0.00519. The number of hydrogen-bond donors (Lipinski definition) is 5. The summed E-state index contributed by atoms with van der Waals surface area (Å²) in [5.41, 5.74) is 19.5. The lowest BCUT2D eigenvalue weighted by atomic mass is 10.1. The number of carbonyl (C=O) groups excluding carboxylic acids is 3. The lowest BCUT2D eigenvalue weighted by Gasteiger charge is -2.39. The Morgan fingerprint density at radius 3 is 1.54 bits per heavy atom. The molecule has 6 aromatic rings. The summed E-state index contributed by atoms with van der Waals surface area (Å²) >= 11 is 0. The summed E-state index contributed by atoms with van der Waals surface area (Å²) < 4.78 is 52.8. The number of pyridine rings is 4. The van der Waals surface area contributed by atoms with Crippen molar-refractivity contribution in [3.8, 4) is 22.5 Å². The number of likely N-dealkylation sites (tertiary alicyclic amines) is 2. The monoisotopic (exact) mass is 927 g/mol. The minimum absolute atomic E-state index is 0.0255. The molecule has 0 atom stereocenters. The van der Waals surface area contributed by atoms with Crippen LogP contribution in [0.2, 0.25) is 0 Å². The normalized spacial score (nSPS) is 13.8. The fourth-order valence-electron chi connectivity index (χ4n) is 6.54. The third-order valence-electron chi connectivity index (χ3n) is 9.67. The summed E-state index contributed by atoms with van der Waals surface area (Å²) in [6, 6.07) is 18.6. The van der Waals surface area contributed by atoms with Gasteiger partial charge in [-0.2, -0.15) is 0 Å². The third-order valence-corrected chi connectivity index (χ3v) is 9.67. The Morgan fingerprint density at radius 2 is 1.13 bits per heavy atom. The van der Waals surface area contributed by atoms with Crippen molar-refractivity contribution in [3.63, 3.8) is 0 Å². The maximum Gasteiger partial charge on any atom is 0.410 e. The maximum absolute atomic E-state index is 13.6. The highest BCUT2D eigenvalue weighted by Crippen LogP contribution is 2.28. The summed E-state index contributed by atoms with van der Waals surface area (Å²) in [4.78, 5) is 67.2. The molecule has 2 fully saturated rings. The second kappa shape index (κ2) is 21.1. The molecule has 0 bridgehead atoms. The van der Waals surface area contributed by atoms with Gasteiger partial charge in [0.2, 0.25) is 0 Å². The number of benzene rings is 2. The number of aromatic nitrogens is 4. The number of anilines is 2. The molecule has 2 aliphatic heterocycles. The minimum atomic E-state index is -1.10. The summed E-state index contributed by atoms with van der Waals surface area (Å²) in [7, 11) is -1.00. The zero-order valence-corrected chi connectivity index (χ0v) is 37.7. The van der Waals surface area contributed by atoms with Crippen LogP contribution < -0.4 is 22.5 Å². The van der Waals surface area contributed by atoms with E-state index < -0.39 is 30.4 Å². The Balaban J connectivity index is 0.000000205. The van der Waals surface area contributed by atoms with Gasteiger partial charge in [0, 0.05) is 66.5 Å². The molecule has 17 nitrogen and oxygen atoms in total. The first kappa shape index (κ1) is 48.8. The molecule has 354 valence electrons. The number of halogens is 3. The van der Waals surface area contributed by atoms with Crippen LogP contribution in [0, 0.1) is 11.6 Å². The first-order chi connectivity index (χ1) is 32.0. The van der Waals surface area contributed by atoms with Crippen molar-refractivity contribution in [1.29, 1.82) is 0 Å². The molecule has 0 spiro atoms. The number of nitrogens with two attached hydrogens (primary N) is 3. The molecule has 2 aliphatic rings. The van der Waals surface area contributed by atoms with Crippen LogP contribution in [0.4, 0.5) is 34.4 Å². The quantitative estimate of drug-likeness (QED) is 0.114. The van der Waals surface area contributed by atoms with E-state index in [1.54, 1.807) is 74.2 Å². The van der Waals surface area contributed by atoms with Crippen molar-refractivity contribution >= 4 is 57.5 Å². The van der Waals surface area contributed by atoms with Crippen molar-refractivity contribution in [3.05, 3.63) is 108 Å². The van der Waals surface area contributed by atoms with E-state index in [1.165, 1.54) is 41.6 Å². The molecular formula is C47H53F3N10O7. The van der Waals surface area contributed by atoms with Gasteiger partial charge in [0.1, 0.15) is 45.5 Å². The van der Waals surface area contributed by atoms with Crippen LogP contribution in [0.3, 0.4) is 0 Å². The number of rotatable bonds is 5. The van der Waals surface area contributed by atoms with Crippen molar-refractivity contribution in [2.24, 2.45) is 5.73 Å². The Bertz CT molecular complexity index is 2800. The van der Waals surface area contributed by atoms with Gasteiger partial charge in [0.15, 0.2) is 0 Å². The Morgan fingerprint density at radius 1 is 0.716 bits per heavy atom. The first-order valence-corrected chi connectivity index (χ1v) is 20.7. The highest BCUT2D eigenvalue weighted by atomic mass is 19.1. The number of fused-ring (bicyclic) bond motifs is 2. The molecule has 8 N–H and O–H groups in total. The standard InChI is InChI=1S/C23H24FN5O3.C15H10FN3O2.C8H16N2O2.CH3F/c1-23(2,3)32-22(31)29-11-15(12-29)27-21(30)17-10-26-20(25)19-16(17)7-8-18(28-19)13-5-4-6-14(24)9-13;16-9-3-1-2-8(6-9)12-5-4-10-11(15(20)21)7-18-14(17)13(10)19-12;1-8(2,3)12-7(11)10-4-6(9)5-10;1-2/h4-10,15H,11-12H2,1-3H3,(H2,25,26)(H,27,30);1-7H,(H2,17,18)(H,20,21);6H,4-5,9H2,1-3H3;1H3/i;;;1D. The van der Waals surface area contributed by atoms with E-state index in [2.05, 4.69) is 25.3 Å². The van der Waals surface area contributed by atoms with E-state index in [0.29, 0.717) is 70.5 Å². The predicted molar refractivity (Wildman–Crippen MR) is 248 cm³/mol. The van der Waals surface area contributed by atoms with E-state index in [1.807, 2.05) is 20.8 Å². The molecule has 6 heterocycles. The molecule has 20 heteroatoms. The fourth-order valence-corrected chi connectivity index (χ4v) is 6.54. The molecule has 0 unspecified atom stereocenters. The molecular weight excluding hydrogens is 874 g/mol. The largest absolute Gasteiger partial charge is 0.478 e. The lowest BCUT2D eigenvalue weighted by Crippen LogP contribution is -2.61. The molecule has 8 rings (SSSR count). The summed E-state index contributed by atoms with van der Waals surface area (Å²) in [6.07, 6.45) is 1.94. The van der Waals surface area contributed by atoms with Gasteiger partial charge in [-0.15, -0.1) is 0 Å². The molecule has 4 aromatic heterocycles. The number of ether oxygens (including phenoxy) is 2. The van der Waals surface area contributed by atoms with E-state index in [9.17, 15) is 32.3 Å². The van der Waals surface area contributed by atoms with E-state index in [-0.39, 0.29) is 58.4 Å². The average Bonchev–Trinajstić information content (AvgIpc) is 3.23. The number of nitrogen functional groups attached to an aromatic ring is 2. The number of aromatic carboxylic acids is 1. The predicted octanol–water partition coefficient (Wildman–Crippen LogP) is 7.23. The highest BCUT2D eigenvalue weighted by molar-refractivity contribution is 6.08. The SMILES string of the molecule is CC(C)(C)OC(=O)N1CC(N)C1.CC(C)(C)OC(=O)N1CC(NC(=O)c2cnc(N)c3nc(-c4cccc(F)c4)ccc23)C1.Nc1ncc(C(=O)O)c2ccc(-c3cccc(F)c3)nc12.[2H]CF. The summed E-state index contributed by atoms with van der Waals surface area (Å²) in [5.74, 6) is -1.88. The van der Waals surface area contributed by atoms with Gasteiger partial charge in [0.05, 0.1) is 37.1 Å². The van der Waals surface area contributed by atoms with Crippen LogP contribution in [-0.2, 0) is 9.47 Å². The summed E-state index contributed by atoms with van der Waals surface area (Å²) in [5, 5.41) is 13.0. The second-order valence-electron chi connectivity index (χ2n) is 17.3.